The molecular formula is C9H6BrClN2. The minimum atomic E-state index is 0.554. The van der Waals surface area contributed by atoms with Gasteiger partial charge < -0.3 is 4.98 Å². The van der Waals surface area contributed by atoms with E-state index in [-0.39, 0.29) is 0 Å². The van der Waals surface area contributed by atoms with E-state index < -0.39 is 0 Å². The van der Waals surface area contributed by atoms with E-state index in [0.29, 0.717) is 5.15 Å². The number of hydrogen-bond acceptors (Lipinski definition) is 1. The first-order chi connectivity index (χ1) is 6.25. The molecule has 0 aliphatic rings. The van der Waals surface area contributed by atoms with Gasteiger partial charge >= 0.3 is 0 Å². The van der Waals surface area contributed by atoms with Crippen LogP contribution in [0.2, 0.25) is 5.15 Å². The lowest BCUT2D eigenvalue weighted by molar-refractivity contribution is 1.31. The Morgan fingerprint density at radius 3 is 2.46 bits per heavy atom. The summed E-state index contributed by atoms with van der Waals surface area (Å²) in [6, 6.07) is 7.87. The molecule has 0 fully saturated rings. The van der Waals surface area contributed by atoms with Gasteiger partial charge in [0.1, 0.15) is 11.0 Å². The van der Waals surface area contributed by atoms with Gasteiger partial charge in [-0.15, -0.1) is 0 Å². The van der Waals surface area contributed by atoms with E-state index >= 15 is 0 Å². The first-order valence-electron chi connectivity index (χ1n) is 3.72. The summed E-state index contributed by atoms with van der Waals surface area (Å²) in [6.07, 6.45) is 1.60. The van der Waals surface area contributed by atoms with Crippen LogP contribution in [0.15, 0.2) is 34.9 Å². The molecule has 0 aliphatic heterocycles. The molecule has 2 nitrogen and oxygen atoms in total. The van der Waals surface area contributed by atoms with Crippen molar-refractivity contribution >= 4 is 27.5 Å². The van der Waals surface area contributed by atoms with Crippen molar-refractivity contribution in [1.29, 1.82) is 0 Å². The number of rotatable bonds is 1. The Bertz CT molecular complexity index is 408. The minimum Gasteiger partial charge on any atom is -0.329 e. The maximum Gasteiger partial charge on any atom is 0.138 e. The van der Waals surface area contributed by atoms with Crippen molar-refractivity contribution in [3.8, 4) is 11.4 Å². The molecule has 4 heteroatoms. The van der Waals surface area contributed by atoms with Gasteiger partial charge in [-0.3, -0.25) is 0 Å². The molecule has 2 rings (SSSR count). The van der Waals surface area contributed by atoms with Gasteiger partial charge in [0.15, 0.2) is 0 Å². The maximum absolute atomic E-state index is 5.71. The predicted molar refractivity (Wildman–Crippen MR) is 56.7 cm³/mol. The summed E-state index contributed by atoms with van der Waals surface area (Å²) >= 11 is 9.08. The van der Waals surface area contributed by atoms with Crippen LogP contribution in [-0.2, 0) is 0 Å². The van der Waals surface area contributed by atoms with Crippen LogP contribution < -0.4 is 0 Å². The molecule has 0 amide bonds. The Morgan fingerprint density at radius 2 is 1.92 bits per heavy atom. The SMILES string of the molecule is Clc1cnc(-c2ccc(Br)cc2)[nH]1. The number of hydrogen-bond donors (Lipinski definition) is 1. The second-order valence-electron chi connectivity index (χ2n) is 2.59. The van der Waals surface area contributed by atoms with Crippen LogP contribution in [-0.4, -0.2) is 9.97 Å². The van der Waals surface area contributed by atoms with Gasteiger partial charge in [0, 0.05) is 10.0 Å². The zero-order valence-corrected chi connectivity index (χ0v) is 8.93. The minimum absolute atomic E-state index is 0.554. The van der Waals surface area contributed by atoms with Crippen molar-refractivity contribution in [2.24, 2.45) is 0 Å². The summed E-state index contributed by atoms with van der Waals surface area (Å²) in [6.45, 7) is 0. The quantitative estimate of drug-likeness (QED) is 0.832. The third kappa shape index (κ3) is 1.92. The highest BCUT2D eigenvalue weighted by atomic mass is 79.9. The number of nitrogens with one attached hydrogen (secondary N) is 1. The van der Waals surface area contributed by atoms with Gasteiger partial charge in [-0.2, -0.15) is 0 Å². The van der Waals surface area contributed by atoms with Crippen LogP contribution in [0.1, 0.15) is 0 Å². The monoisotopic (exact) mass is 256 g/mol. The molecule has 0 unspecified atom stereocenters. The summed E-state index contributed by atoms with van der Waals surface area (Å²) in [5.74, 6) is 0.789. The third-order valence-corrected chi connectivity index (χ3v) is 2.38. The molecule has 0 atom stereocenters. The van der Waals surface area contributed by atoms with Gasteiger partial charge in [-0.25, -0.2) is 4.98 Å². The standard InChI is InChI=1S/C9H6BrClN2/c10-7-3-1-6(2-4-7)9-12-5-8(11)13-9/h1-5H,(H,12,13). The fourth-order valence-electron chi connectivity index (χ4n) is 1.05. The van der Waals surface area contributed by atoms with Crippen molar-refractivity contribution in [3.63, 3.8) is 0 Å². The molecule has 0 radical (unpaired) electrons. The Kier molecular flexibility index (Phi) is 2.38. The van der Waals surface area contributed by atoms with Crippen LogP contribution in [0.25, 0.3) is 11.4 Å². The van der Waals surface area contributed by atoms with Gasteiger partial charge in [-0.05, 0) is 12.1 Å². The highest BCUT2D eigenvalue weighted by molar-refractivity contribution is 9.10. The summed E-state index contributed by atoms with van der Waals surface area (Å²) in [7, 11) is 0. The molecule has 13 heavy (non-hydrogen) atoms. The third-order valence-electron chi connectivity index (χ3n) is 1.66. The molecule has 0 aliphatic carbocycles. The largest absolute Gasteiger partial charge is 0.329 e. The van der Waals surface area contributed by atoms with Crippen molar-refractivity contribution in [1.82, 2.24) is 9.97 Å². The Labute approximate surface area is 89.1 Å². The first-order valence-corrected chi connectivity index (χ1v) is 4.89. The van der Waals surface area contributed by atoms with E-state index in [9.17, 15) is 0 Å². The molecule has 1 aromatic heterocycles. The summed E-state index contributed by atoms with van der Waals surface area (Å²) in [5.41, 5.74) is 1.02. The summed E-state index contributed by atoms with van der Waals surface area (Å²) in [4.78, 5) is 7.06. The zero-order chi connectivity index (χ0) is 9.26. The lowest BCUT2D eigenvalue weighted by Gasteiger charge is -1.95. The molecule has 1 aromatic carbocycles. The van der Waals surface area contributed by atoms with Crippen LogP contribution in [0.5, 0.6) is 0 Å². The molecule has 1 heterocycles. The van der Waals surface area contributed by atoms with Gasteiger partial charge in [0.05, 0.1) is 6.20 Å². The maximum atomic E-state index is 5.71. The average Bonchev–Trinajstić information content (AvgIpc) is 2.53. The van der Waals surface area contributed by atoms with Crippen molar-refractivity contribution in [2.45, 2.75) is 0 Å². The Balaban J connectivity index is 2.41. The molecule has 0 spiro atoms. The summed E-state index contributed by atoms with van der Waals surface area (Å²) < 4.78 is 1.05. The number of benzene rings is 1. The predicted octanol–water partition coefficient (Wildman–Crippen LogP) is 3.49. The van der Waals surface area contributed by atoms with Gasteiger partial charge in [-0.1, -0.05) is 39.7 Å². The van der Waals surface area contributed by atoms with E-state index in [1.807, 2.05) is 24.3 Å². The van der Waals surface area contributed by atoms with Crippen molar-refractivity contribution in [2.75, 3.05) is 0 Å². The van der Waals surface area contributed by atoms with Crippen LogP contribution >= 0.6 is 27.5 Å². The number of aromatic amines is 1. The Morgan fingerprint density at radius 1 is 1.23 bits per heavy atom. The van der Waals surface area contributed by atoms with Crippen LogP contribution in [0, 0.1) is 0 Å². The molecule has 0 saturated carbocycles. The number of nitrogens with zero attached hydrogens (tertiary/aromatic N) is 1. The fourth-order valence-corrected chi connectivity index (χ4v) is 1.46. The van der Waals surface area contributed by atoms with Gasteiger partial charge in [0.2, 0.25) is 0 Å². The molecular weight excluding hydrogens is 251 g/mol. The second kappa shape index (κ2) is 3.52. The van der Waals surface area contributed by atoms with E-state index in [4.69, 9.17) is 11.6 Å². The zero-order valence-electron chi connectivity index (χ0n) is 6.59. The van der Waals surface area contributed by atoms with Crippen molar-refractivity contribution in [3.05, 3.63) is 40.1 Å². The average molecular weight is 258 g/mol. The lowest BCUT2D eigenvalue weighted by atomic mass is 10.2. The van der Waals surface area contributed by atoms with Gasteiger partial charge in [0.25, 0.3) is 0 Å². The highest BCUT2D eigenvalue weighted by Crippen LogP contribution is 2.19. The molecule has 0 bridgehead atoms. The van der Waals surface area contributed by atoms with Crippen LogP contribution in [0.4, 0.5) is 0 Å². The van der Waals surface area contributed by atoms with Crippen LogP contribution in [0.3, 0.4) is 0 Å². The number of halogens is 2. The normalized spacial score (nSPS) is 10.3. The molecule has 66 valence electrons. The first kappa shape index (κ1) is 8.78. The summed E-state index contributed by atoms with van der Waals surface area (Å²) in [5, 5.41) is 0.554. The highest BCUT2D eigenvalue weighted by Gasteiger charge is 2.00. The molecule has 2 aromatic rings. The van der Waals surface area contributed by atoms with Crippen molar-refractivity contribution < 1.29 is 0 Å². The van der Waals surface area contributed by atoms with E-state index in [1.165, 1.54) is 0 Å². The number of aromatic nitrogens is 2. The smallest absolute Gasteiger partial charge is 0.138 e. The Hall–Kier alpha value is -0.800. The molecule has 1 N–H and O–H groups in total. The topological polar surface area (TPSA) is 28.7 Å². The molecule has 0 saturated heterocycles. The number of H-pyrrole nitrogens is 1. The second-order valence-corrected chi connectivity index (χ2v) is 3.91. The lowest BCUT2D eigenvalue weighted by Crippen LogP contribution is -1.78. The fraction of sp³-hybridized carbons (Fsp3) is 0. The van der Waals surface area contributed by atoms with E-state index in [1.54, 1.807) is 6.20 Å². The number of imidazole rings is 1. The van der Waals surface area contributed by atoms with E-state index in [0.717, 1.165) is 15.9 Å². The van der Waals surface area contributed by atoms with E-state index in [2.05, 4.69) is 25.9 Å².